The summed E-state index contributed by atoms with van der Waals surface area (Å²) in [5.41, 5.74) is 3.28. The molecule has 1 aromatic heterocycles. The van der Waals surface area contributed by atoms with Crippen molar-refractivity contribution in [3.63, 3.8) is 0 Å². The topological polar surface area (TPSA) is 63.5 Å². The highest BCUT2D eigenvalue weighted by molar-refractivity contribution is 14.0. The molecule has 6 nitrogen and oxygen atoms in total. The molecule has 150 valence electrons. The van der Waals surface area contributed by atoms with Gasteiger partial charge in [0.1, 0.15) is 6.10 Å². The van der Waals surface area contributed by atoms with Gasteiger partial charge in [-0.25, -0.2) is 4.39 Å². The number of aryl methyl sites for hydroxylation is 2. The Kier molecular flexibility index (Phi) is 9.54. The van der Waals surface area contributed by atoms with Crippen LogP contribution in [0.1, 0.15) is 30.3 Å². The van der Waals surface area contributed by atoms with Crippen molar-refractivity contribution in [3.8, 4) is 5.75 Å². The number of halogens is 2. The zero-order valence-corrected chi connectivity index (χ0v) is 18.9. The van der Waals surface area contributed by atoms with E-state index in [9.17, 15) is 4.39 Å². The van der Waals surface area contributed by atoms with E-state index in [1.807, 2.05) is 32.5 Å². The highest BCUT2D eigenvalue weighted by Gasteiger charge is 2.13. The van der Waals surface area contributed by atoms with E-state index in [1.165, 1.54) is 6.07 Å². The Labute approximate surface area is 177 Å². The quantitative estimate of drug-likeness (QED) is 0.356. The first-order valence-corrected chi connectivity index (χ1v) is 8.81. The van der Waals surface area contributed by atoms with E-state index in [4.69, 9.17) is 4.74 Å². The van der Waals surface area contributed by atoms with Crippen molar-refractivity contribution >= 4 is 29.9 Å². The maximum absolute atomic E-state index is 13.7. The lowest BCUT2D eigenvalue weighted by molar-refractivity contribution is 0.191. The molecule has 8 heteroatoms. The molecule has 2 aromatic rings. The fraction of sp³-hybridized carbons (Fsp3) is 0.474. The molecule has 0 aliphatic heterocycles. The van der Waals surface area contributed by atoms with Crippen LogP contribution in [-0.4, -0.2) is 35.4 Å². The first-order valence-electron chi connectivity index (χ1n) is 8.81. The summed E-state index contributed by atoms with van der Waals surface area (Å²) in [5.74, 6) is 0.588. The van der Waals surface area contributed by atoms with Gasteiger partial charge in [-0.05, 0) is 32.4 Å². The van der Waals surface area contributed by atoms with E-state index >= 15 is 0 Å². The third kappa shape index (κ3) is 6.37. The summed E-state index contributed by atoms with van der Waals surface area (Å²) in [4.78, 5) is 4.24. The Hall–Kier alpha value is -1.84. The van der Waals surface area contributed by atoms with E-state index in [0.717, 1.165) is 23.4 Å². The van der Waals surface area contributed by atoms with Crippen molar-refractivity contribution in [2.45, 2.75) is 39.8 Å². The molecule has 0 spiro atoms. The number of ether oxygens (including phenoxy) is 1. The zero-order valence-electron chi connectivity index (χ0n) is 16.5. The Bertz CT molecular complexity index is 763. The third-order valence-electron chi connectivity index (χ3n) is 4.40. The molecule has 0 aliphatic carbocycles. The third-order valence-corrected chi connectivity index (χ3v) is 4.40. The van der Waals surface area contributed by atoms with Gasteiger partial charge in [0.05, 0.1) is 12.2 Å². The molecule has 1 unspecified atom stereocenters. The van der Waals surface area contributed by atoms with Crippen LogP contribution in [0.25, 0.3) is 0 Å². The number of rotatable bonds is 7. The fourth-order valence-electron chi connectivity index (χ4n) is 2.67. The zero-order chi connectivity index (χ0) is 19.1. The first kappa shape index (κ1) is 23.2. The molecule has 0 aliphatic rings. The summed E-state index contributed by atoms with van der Waals surface area (Å²) in [5, 5.41) is 10.9. The average Bonchev–Trinajstić information content (AvgIpc) is 2.87. The fourth-order valence-corrected chi connectivity index (χ4v) is 2.67. The molecule has 1 atom stereocenters. The van der Waals surface area contributed by atoms with Crippen LogP contribution in [-0.2, 0) is 13.6 Å². The Balaban J connectivity index is 0.00000364. The van der Waals surface area contributed by atoms with Crippen molar-refractivity contribution in [3.05, 3.63) is 47.0 Å². The lowest BCUT2D eigenvalue weighted by Crippen LogP contribution is -2.42. The maximum atomic E-state index is 13.7. The highest BCUT2D eigenvalue weighted by atomic mass is 127. The Morgan fingerprint density at radius 3 is 2.56 bits per heavy atom. The van der Waals surface area contributed by atoms with Gasteiger partial charge in [-0.15, -0.1) is 24.0 Å². The summed E-state index contributed by atoms with van der Waals surface area (Å²) >= 11 is 0. The van der Waals surface area contributed by atoms with Crippen LogP contribution in [0.5, 0.6) is 5.75 Å². The Morgan fingerprint density at radius 2 is 2.00 bits per heavy atom. The van der Waals surface area contributed by atoms with Gasteiger partial charge in [0.25, 0.3) is 0 Å². The van der Waals surface area contributed by atoms with Crippen LogP contribution in [0.2, 0.25) is 0 Å². The number of hydrogen-bond acceptors (Lipinski definition) is 3. The van der Waals surface area contributed by atoms with Crippen molar-refractivity contribution < 1.29 is 9.13 Å². The average molecular weight is 489 g/mol. The Morgan fingerprint density at radius 1 is 1.30 bits per heavy atom. The molecule has 0 fully saturated rings. The molecule has 0 saturated heterocycles. The molecule has 0 amide bonds. The first-order chi connectivity index (χ1) is 12.5. The summed E-state index contributed by atoms with van der Waals surface area (Å²) in [6.45, 7) is 7.20. The number of nitrogens with one attached hydrogen (secondary N) is 2. The molecular formula is C19H29FIN5O. The van der Waals surface area contributed by atoms with E-state index in [1.54, 1.807) is 25.2 Å². The van der Waals surface area contributed by atoms with E-state index in [0.29, 0.717) is 19.0 Å². The summed E-state index contributed by atoms with van der Waals surface area (Å²) in [6.07, 6.45) is 0.589. The van der Waals surface area contributed by atoms with Gasteiger partial charge in [0, 0.05) is 31.9 Å². The molecule has 0 bridgehead atoms. The van der Waals surface area contributed by atoms with Crippen LogP contribution in [0.4, 0.5) is 4.39 Å². The number of guanidine groups is 1. The lowest BCUT2D eigenvalue weighted by Gasteiger charge is -2.20. The van der Waals surface area contributed by atoms with Crippen LogP contribution in [0, 0.1) is 19.7 Å². The molecule has 0 saturated carbocycles. The van der Waals surface area contributed by atoms with Crippen molar-refractivity contribution in [2.24, 2.45) is 12.0 Å². The predicted octanol–water partition coefficient (Wildman–Crippen LogP) is 3.32. The second kappa shape index (κ2) is 11.1. The van der Waals surface area contributed by atoms with E-state index < -0.39 is 0 Å². The van der Waals surface area contributed by atoms with E-state index in [2.05, 4.69) is 20.7 Å². The monoisotopic (exact) mass is 489 g/mol. The number of hydrogen-bond donors (Lipinski definition) is 2. The van der Waals surface area contributed by atoms with Gasteiger partial charge in [0.2, 0.25) is 0 Å². The second-order valence-corrected chi connectivity index (χ2v) is 6.16. The van der Waals surface area contributed by atoms with Crippen LogP contribution < -0.4 is 15.4 Å². The number of aromatic nitrogens is 2. The minimum atomic E-state index is -0.351. The van der Waals surface area contributed by atoms with Crippen LogP contribution >= 0.6 is 24.0 Å². The van der Waals surface area contributed by atoms with Gasteiger partial charge in [-0.1, -0.05) is 19.1 Å². The maximum Gasteiger partial charge on any atom is 0.191 e. The normalized spacial score (nSPS) is 12.3. The lowest BCUT2D eigenvalue weighted by atomic mass is 10.2. The van der Waals surface area contributed by atoms with Gasteiger partial charge in [0.15, 0.2) is 17.5 Å². The minimum Gasteiger partial charge on any atom is -0.486 e. The summed E-state index contributed by atoms with van der Waals surface area (Å²) in [6, 6.07) is 6.45. The van der Waals surface area contributed by atoms with Crippen molar-refractivity contribution in [1.29, 1.82) is 0 Å². The van der Waals surface area contributed by atoms with Crippen molar-refractivity contribution in [2.75, 3.05) is 13.6 Å². The molecule has 2 N–H and O–H groups in total. The highest BCUT2D eigenvalue weighted by Crippen LogP contribution is 2.17. The smallest absolute Gasteiger partial charge is 0.191 e. The van der Waals surface area contributed by atoms with Crippen molar-refractivity contribution in [1.82, 2.24) is 20.4 Å². The molecule has 1 heterocycles. The summed E-state index contributed by atoms with van der Waals surface area (Å²) in [7, 11) is 3.65. The van der Waals surface area contributed by atoms with E-state index in [-0.39, 0.29) is 41.6 Å². The molecule has 0 radical (unpaired) electrons. The standard InChI is InChI=1S/C19H28FN5O.HI/c1-6-15(26-18-10-8-7-9-17(18)20)11-22-19(21-4)23-12-16-13(2)24-25(5)14(16)3;/h7-10,15H,6,11-12H2,1-5H3,(H2,21,22,23);1H. The van der Waals surface area contributed by atoms with Gasteiger partial charge in [-0.3, -0.25) is 9.67 Å². The number of para-hydroxylation sites is 1. The molecule has 2 rings (SSSR count). The SMILES string of the molecule is CCC(CNC(=NC)NCc1c(C)nn(C)c1C)Oc1ccccc1F.I. The van der Waals surface area contributed by atoms with Gasteiger partial charge >= 0.3 is 0 Å². The second-order valence-electron chi connectivity index (χ2n) is 6.16. The van der Waals surface area contributed by atoms with Gasteiger partial charge < -0.3 is 15.4 Å². The molecular weight excluding hydrogens is 460 g/mol. The summed E-state index contributed by atoms with van der Waals surface area (Å²) < 4.78 is 21.4. The van der Waals surface area contributed by atoms with Crippen LogP contribution in [0.15, 0.2) is 29.3 Å². The number of benzene rings is 1. The largest absolute Gasteiger partial charge is 0.486 e. The van der Waals surface area contributed by atoms with Gasteiger partial charge in [-0.2, -0.15) is 5.10 Å². The van der Waals surface area contributed by atoms with Crippen LogP contribution in [0.3, 0.4) is 0 Å². The predicted molar refractivity (Wildman–Crippen MR) is 117 cm³/mol. The minimum absolute atomic E-state index is 0. The molecule has 27 heavy (non-hydrogen) atoms. The number of aliphatic imine (C=N–C) groups is 1. The number of nitrogens with zero attached hydrogens (tertiary/aromatic N) is 3. The molecule has 1 aromatic carbocycles.